The van der Waals surface area contributed by atoms with Crippen molar-refractivity contribution in [1.29, 1.82) is 0 Å². The molecule has 0 aromatic carbocycles. The Morgan fingerprint density at radius 1 is 1.36 bits per heavy atom. The van der Waals surface area contributed by atoms with Crippen molar-refractivity contribution >= 4 is 11.7 Å². The molecule has 1 N–H and O–H groups in total. The fourth-order valence-corrected chi connectivity index (χ4v) is 3.76. The fourth-order valence-electron chi connectivity index (χ4n) is 3.76. The van der Waals surface area contributed by atoms with Gasteiger partial charge in [-0.3, -0.25) is 4.79 Å². The second kappa shape index (κ2) is 8.13. The molecule has 25 heavy (non-hydrogen) atoms. The maximum Gasteiger partial charge on any atom is 0.222 e. The number of anilines is 1. The van der Waals surface area contributed by atoms with Crippen LogP contribution in [0.2, 0.25) is 0 Å². The van der Waals surface area contributed by atoms with Crippen molar-refractivity contribution in [2.75, 3.05) is 38.2 Å². The number of rotatable bonds is 7. The summed E-state index contributed by atoms with van der Waals surface area (Å²) in [6.45, 7) is 8.07. The number of ether oxygens (including phenoxy) is 1. The molecule has 6 nitrogen and oxygen atoms in total. The molecule has 2 fully saturated rings. The van der Waals surface area contributed by atoms with Gasteiger partial charge >= 0.3 is 0 Å². The minimum absolute atomic E-state index is 0.201. The van der Waals surface area contributed by atoms with E-state index in [0.717, 1.165) is 69.2 Å². The van der Waals surface area contributed by atoms with Gasteiger partial charge in [-0.15, -0.1) is 0 Å². The van der Waals surface area contributed by atoms with Gasteiger partial charge in [0.05, 0.1) is 6.61 Å². The summed E-state index contributed by atoms with van der Waals surface area (Å²) in [4.78, 5) is 23.3. The number of likely N-dealkylation sites (tertiary alicyclic amines) is 1. The second-order valence-electron chi connectivity index (χ2n) is 7.46. The van der Waals surface area contributed by atoms with Gasteiger partial charge in [0.1, 0.15) is 11.6 Å². The van der Waals surface area contributed by atoms with E-state index in [1.54, 1.807) is 0 Å². The third-order valence-electron chi connectivity index (χ3n) is 5.28. The van der Waals surface area contributed by atoms with Crippen molar-refractivity contribution in [1.82, 2.24) is 14.9 Å². The van der Waals surface area contributed by atoms with E-state index in [2.05, 4.69) is 22.2 Å². The zero-order valence-corrected chi connectivity index (χ0v) is 15.5. The average Bonchev–Trinajstić information content (AvgIpc) is 3.04. The molecule has 1 aromatic rings. The number of piperidine rings is 1. The first-order valence-electron chi connectivity index (χ1n) is 9.54. The Hall–Kier alpha value is -1.69. The van der Waals surface area contributed by atoms with E-state index >= 15 is 0 Å². The molecular weight excluding hydrogens is 316 g/mol. The van der Waals surface area contributed by atoms with E-state index < -0.39 is 0 Å². The lowest BCUT2D eigenvalue weighted by atomic mass is 9.79. The number of nitrogens with one attached hydrogen (secondary N) is 1. The summed E-state index contributed by atoms with van der Waals surface area (Å²) >= 11 is 0. The van der Waals surface area contributed by atoms with Gasteiger partial charge in [-0.05, 0) is 26.2 Å². The molecule has 0 aliphatic carbocycles. The summed E-state index contributed by atoms with van der Waals surface area (Å²) in [7, 11) is 0. The van der Waals surface area contributed by atoms with Crippen LogP contribution in [0.1, 0.15) is 50.5 Å². The minimum Gasteiger partial charge on any atom is -0.381 e. The molecule has 138 valence electrons. The zero-order chi connectivity index (χ0) is 17.7. The number of amides is 1. The summed E-state index contributed by atoms with van der Waals surface area (Å²) in [6.07, 6.45) is 5.87. The lowest BCUT2D eigenvalue weighted by Crippen LogP contribution is -2.48. The average molecular weight is 346 g/mol. The highest BCUT2D eigenvalue weighted by atomic mass is 16.5. The third-order valence-corrected chi connectivity index (χ3v) is 5.28. The van der Waals surface area contributed by atoms with Crippen molar-refractivity contribution < 1.29 is 9.53 Å². The first-order chi connectivity index (χ1) is 12.1. The maximum absolute atomic E-state index is 12.2. The fraction of sp³-hybridized carbons (Fsp3) is 0.737. The molecule has 2 aliphatic heterocycles. The van der Waals surface area contributed by atoms with Crippen LogP contribution in [0.3, 0.4) is 0 Å². The predicted molar refractivity (Wildman–Crippen MR) is 97.6 cm³/mol. The van der Waals surface area contributed by atoms with Gasteiger partial charge in [0.2, 0.25) is 5.91 Å². The summed E-state index contributed by atoms with van der Waals surface area (Å²) in [6, 6.07) is 1.97. The zero-order valence-electron chi connectivity index (χ0n) is 15.5. The summed E-state index contributed by atoms with van der Waals surface area (Å²) < 4.78 is 5.58. The monoisotopic (exact) mass is 346 g/mol. The number of hydrogen-bond donors (Lipinski definition) is 1. The molecule has 2 saturated heterocycles. The Morgan fingerprint density at radius 2 is 2.24 bits per heavy atom. The van der Waals surface area contributed by atoms with E-state index in [-0.39, 0.29) is 11.3 Å². The maximum atomic E-state index is 12.2. The highest BCUT2D eigenvalue weighted by Crippen LogP contribution is 2.37. The topological polar surface area (TPSA) is 67.3 Å². The van der Waals surface area contributed by atoms with E-state index in [0.29, 0.717) is 19.5 Å². The molecule has 3 heterocycles. The van der Waals surface area contributed by atoms with Crippen LogP contribution in [0, 0.1) is 12.3 Å². The number of unbranched alkanes of at least 4 members (excludes halogenated alkanes) is 1. The molecular formula is C19H30N4O2. The Kier molecular flexibility index (Phi) is 5.89. The van der Waals surface area contributed by atoms with Gasteiger partial charge in [0.15, 0.2) is 0 Å². The molecule has 2 aliphatic rings. The van der Waals surface area contributed by atoms with Crippen LogP contribution >= 0.6 is 0 Å². The molecule has 1 aromatic heterocycles. The van der Waals surface area contributed by atoms with E-state index in [1.807, 2.05) is 17.9 Å². The van der Waals surface area contributed by atoms with Crippen LogP contribution in [0.4, 0.5) is 5.82 Å². The van der Waals surface area contributed by atoms with Gasteiger partial charge < -0.3 is 15.0 Å². The highest BCUT2D eigenvalue weighted by Gasteiger charge is 2.41. The largest absolute Gasteiger partial charge is 0.381 e. The number of aromatic nitrogens is 2. The second-order valence-corrected chi connectivity index (χ2v) is 7.46. The van der Waals surface area contributed by atoms with Crippen LogP contribution in [-0.2, 0) is 16.0 Å². The summed E-state index contributed by atoms with van der Waals surface area (Å²) in [5.74, 6) is 2.03. The quantitative estimate of drug-likeness (QED) is 0.822. The van der Waals surface area contributed by atoms with Crippen molar-refractivity contribution in [3.05, 3.63) is 17.6 Å². The third kappa shape index (κ3) is 4.69. The first-order valence-corrected chi connectivity index (χ1v) is 9.54. The normalized spacial score (nSPS) is 23.4. The molecule has 6 heteroatoms. The van der Waals surface area contributed by atoms with Crippen molar-refractivity contribution in [2.45, 2.75) is 52.4 Å². The van der Waals surface area contributed by atoms with Gasteiger partial charge in [-0.25, -0.2) is 9.97 Å². The molecule has 1 amide bonds. The predicted octanol–water partition coefficient (Wildman–Crippen LogP) is 2.57. The number of hydrogen-bond acceptors (Lipinski definition) is 5. The van der Waals surface area contributed by atoms with Crippen molar-refractivity contribution in [3.63, 3.8) is 0 Å². The summed E-state index contributed by atoms with van der Waals surface area (Å²) in [5, 5.41) is 3.37. The van der Waals surface area contributed by atoms with E-state index in [4.69, 9.17) is 4.74 Å². The van der Waals surface area contributed by atoms with Gasteiger partial charge in [-0.2, -0.15) is 0 Å². The molecule has 3 rings (SSSR count). The summed E-state index contributed by atoms with van der Waals surface area (Å²) in [5.41, 5.74) is 1.19. The minimum atomic E-state index is 0.201. The van der Waals surface area contributed by atoms with Crippen LogP contribution in [0.5, 0.6) is 0 Å². The number of carbonyl (C=O) groups excluding carboxylic acids is 1. The lowest BCUT2D eigenvalue weighted by Gasteiger charge is -2.39. The molecule has 0 radical (unpaired) electrons. The molecule has 0 unspecified atom stereocenters. The smallest absolute Gasteiger partial charge is 0.222 e. The van der Waals surface area contributed by atoms with Crippen molar-refractivity contribution in [2.24, 2.45) is 5.41 Å². The SMILES string of the molecule is CCCCc1nc(C)cc(NCCN2C[C@@]3(CCOC3)CCC2=O)n1. The van der Waals surface area contributed by atoms with Crippen LogP contribution in [0.15, 0.2) is 6.07 Å². The lowest BCUT2D eigenvalue weighted by molar-refractivity contribution is -0.137. The van der Waals surface area contributed by atoms with Crippen LogP contribution < -0.4 is 5.32 Å². The van der Waals surface area contributed by atoms with Crippen molar-refractivity contribution in [3.8, 4) is 0 Å². The van der Waals surface area contributed by atoms with Gasteiger partial charge in [0, 0.05) is 56.3 Å². The van der Waals surface area contributed by atoms with E-state index in [9.17, 15) is 4.79 Å². The molecule has 0 bridgehead atoms. The number of nitrogens with zero attached hydrogens (tertiary/aromatic N) is 3. The van der Waals surface area contributed by atoms with E-state index in [1.165, 1.54) is 0 Å². The van der Waals surface area contributed by atoms with Crippen LogP contribution in [-0.4, -0.2) is 53.6 Å². The first kappa shape index (κ1) is 18.1. The Balaban J connectivity index is 1.53. The molecule has 0 saturated carbocycles. The standard InChI is InChI=1S/C19H30N4O2/c1-3-4-5-16-21-15(2)12-17(22-16)20-9-10-23-13-19(7-6-18(23)24)8-11-25-14-19/h12H,3-11,13-14H2,1-2H3,(H,20,21,22)/t19-/m0/s1. The number of carbonyl (C=O) groups is 1. The molecule has 1 atom stereocenters. The Morgan fingerprint density at radius 3 is 3.00 bits per heavy atom. The van der Waals surface area contributed by atoms with Crippen LogP contribution in [0.25, 0.3) is 0 Å². The Bertz CT molecular complexity index is 599. The van der Waals surface area contributed by atoms with Gasteiger partial charge in [0.25, 0.3) is 0 Å². The number of aryl methyl sites for hydroxylation is 2. The molecule has 1 spiro atoms. The highest BCUT2D eigenvalue weighted by molar-refractivity contribution is 5.77. The van der Waals surface area contributed by atoms with Gasteiger partial charge in [-0.1, -0.05) is 13.3 Å². The Labute approximate surface area is 150 Å².